The predicted molar refractivity (Wildman–Crippen MR) is 134 cm³/mol. The Labute approximate surface area is 199 Å². The van der Waals surface area contributed by atoms with Gasteiger partial charge in [0.25, 0.3) is 0 Å². The van der Waals surface area contributed by atoms with Crippen LogP contribution in [0.4, 0.5) is 4.39 Å². The van der Waals surface area contributed by atoms with Crippen LogP contribution in [0, 0.1) is 11.7 Å². The maximum absolute atomic E-state index is 15.0. The number of allylic oxidation sites excluding steroid dienone is 5. The van der Waals surface area contributed by atoms with Gasteiger partial charge in [-0.1, -0.05) is 36.0 Å². The average Bonchev–Trinajstić information content (AvgIpc) is 2.93. The Morgan fingerprint density at radius 1 is 1.36 bits per heavy atom. The molecule has 1 aliphatic carbocycles. The molecule has 2 aromatic rings. The van der Waals surface area contributed by atoms with E-state index in [9.17, 15) is 4.79 Å². The fraction of sp³-hybridized carbons (Fsp3) is 0.333. The molecule has 0 spiro atoms. The second kappa shape index (κ2) is 9.89. The van der Waals surface area contributed by atoms with Crippen LogP contribution < -0.4 is 15.8 Å². The SMILES string of the molecule is C[C@H](C1=C(C2CNC2)CC=CC=C1)n1c(=O)oc2cc(SNCC3=NC=CCS3)c(F)cc21. The Bertz CT molecular complexity index is 1270. The quantitative estimate of drug-likeness (QED) is 0.561. The summed E-state index contributed by atoms with van der Waals surface area (Å²) in [5.41, 5.74) is 3.27. The molecule has 1 atom stereocenters. The third-order valence-corrected chi connectivity index (χ3v) is 7.85. The molecule has 6 nitrogen and oxygen atoms in total. The Hall–Kier alpha value is -2.33. The van der Waals surface area contributed by atoms with E-state index in [1.165, 1.54) is 23.6 Å². The molecule has 3 aliphatic rings. The molecule has 1 saturated heterocycles. The topological polar surface area (TPSA) is 71.6 Å². The molecule has 2 N–H and O–H groups in total. The lowest BCUT2D eigenvalue weighted by molar-refractivity contribution is 0.388. The lowest BCUT2D eigenvalue weighted by Crippen LogP contribution is -2.43. The number of oxazole rings is 1. The minimum absolute atomic E-state index is 0.268. The summed E-state index contributed by atoms with van der Waals surface area (Å²) in [6.45, 7) is 4.40. The number of nitrogens with zero attached hydrogens (tertiary/aromatic N) is 2. The number of aromatic nitrogens is 1. The van der Waals surface area contributed by atoms with Crippen LogP contribution in [0.15, 0.2) is 79.0 Å². The van der Waals surface area contributed by atoms with E-state index < -0.39 is 11.6 Å². The lowest BCUT2D eigenvalue weighted by Gasteiger charge is -2.32. The van der Waals surface area contributed by atoms with E-state index in [0.29, 0.717) is 28.5 Å². The molecule has 1 fully saturated rings. The predicted octanol–water partition coefficient (Wildman–Crippen LogP) is 4.58. The first-order valence-electron chi connectivity index (χ1n) is 11.0. The van der Waals surface area contributed by atoms with Crippen molar-refractivity contribution in [1.29, 1.82) is 0 Å². The summed E-state index contributed by atoms with van der Waals surface area (Å²) in [7, 11) is 0. The van der Waals surface area contributed by atoms with Gasteiger partial charge in [-0.15, -0.1) is 11.8 Å². The van der Waals surface area contributed by atoms with Gasteiger partial charge in [0.2, 0.25) is 0 Å². The molecule has 0 amide bonds. The van der Waals surface area contributed by atoms with Crippen LogP contribution >= 0.6 is 23.7 Å². The molecule has 0 radical (unpaired) electrons. The van der Waals surface area contributed by atoms with E-state index in [-0.39, 0.29) is 6.04 Å². The number of benzene rings is 1. The monoisotopic (exact) mass is 484 g/mol. The van der Waals surface area contributed by atoms with Crippen LogP contribution in [0.5, 0.6) is 0 Å². The van der Waals surface area contributed by atoms with Gasteiger partial charge in [-0.3, -0.25) is 14.3 Å². The van der Waals surface area contributed by atoms with Crippen molar-refractivity contribution in [2.75, 3.05) is 25.4 Å². The molecule has 3 heterocycles. The number of thioether (sulfide) groups is 1. The fourth-order valence-corrected chi connectivity index (χ4v) is 5.72. The summed E-state index contributed by atoms with van der Waals surface area (Å²) < 4.78 is 25.3. The van der Waals surface area contributed by atoms with Crippen LogP contribution in [0.3, 0.4) is 0 Å². The number of halogens is 1. The molecule has 33 heavy (non-hydrogen) atoms. The zero-order valence-corrected chi connectivity index (χ0v) is 19.8. The average molecular weight is 485 g/mol. The van der Waals surface area contributed by atoms with E-state index in [1.54, 1.807) is 28.6 Å². The van der Waals surface area contributed by atoms with E-state index in [2.05, 4.69) is 27.2 Å². The molecule has 172 valence electrons. The van der Waals surface area contributed by atoms with Gasteiger partial charge in [-0.2, -0.15) is 0 Å². The molecule has 1 aromatic carbocycles. The van der Waals surface area contributed by atoms with Crippen molar-refractivity contribution in [3.63, 3.8) is 0 Å². The smallest absolute Gasteiger partial charge is 0.408 e. The number of aliphatic imine (C=N–C) groups is 1. The molecule has 0 unspecified atom stereocenters. The number of fused-ring (bicyclic) bond motifs is 1. The van der Waals surface area contributed by atoms with Crippen molar-refractivity contribution in [2.24, 2.45) is 10.9 Å². The highest BCUT2D eigenvalue weighted by molar-refractivity contribution is 8.14. The molecule has 0 saturated carbocycles. The van der Waals surface area contributed by atoms with E-state index in [0.717, 1.165) is 35.9 Å². The highest BCUT2D eigenvalue weighted by Gasteiger charge is 2.27. The minimum atomic E-state index is -0.476. The maximum Gasteiger partial charge on any atom is 0.420 e. The highest BCUT2D eigenvalue weighted by Crippen LogP contribution is 2.34. The van der Waals surface area contributed by atoms with Crippen LogP contribution in [-0.2, 0) is 0 Å². The van der Waals surface area contributed by atoms with Crippen molar-refractivity contribution >= 4 is 39.9 Å². The number of rotatable bonds is 7. The Morgan fingerprint density at radius 2 is 2.24 bits per heavy atom. The Morgan fingerprint density at radius 3 is 3.00 bits per heavy atom. The number of nitrogens with one attached hydrogen (secondary N) is 2. The standard InChI is InChI=1S/C24H25FN4O2S2/c1-15(17-6-3-2-4-7-18(17)16-12-26-13-16)29-20-10-19(25)22(11-21(20)31-24(29)30)33-28-14-23-27-8-5-9-32-23/h2-6,8,10-11,15-16,26,28H,7,9,12-14H2,1H3/t15-/m1/s1. The van der Waals surface area contributed by atoms with Crippen molar-refractivity contribution in [2.45, 2.75) is 24.3 Å². The van der Waals surface area contributed by atoms with Crippen molar-refractivity contribution in [1.82, 2.24) is 14.6 Å². The van der Waals surface area contributed by atoms with Crippen LogP contribution in [0.25, 0.3) is 11.1 Å². The number of hydrogen-bond acceptors (Lipinski definition) is 7. The summed E-state index contributed by atoms with van der Waals surface area (Å²) in [6, 6.07) is 2.73. The van der Waals surface area contributed by atoms with Crippen molar-refractivity contribution in [3.8, 4) is 0 Å². The lowest BCUT2D eigenvalue weighted by atomic mass is 9.85. The molecular formula is C24H25FN4O2S2. The normalized spacial score (nSPS) is 19.6. The van der Waals surface area contributed by atoms with Gasteiger partial charge in [0.05, 0.1) is 28.0 Å². The van der Waals surface area contributed by atoms with Gasteiger partial charge >= 0.3 is 5.76 Å². The van der Waals surface area contributed by atoms with Crippen LogP contribution in [-0.4, -0.2) is 35.0 Å². The molecule has 9 heteroatoms. The fourth-order valence-electron chi connectivity index (χ4n) is 4.26. The summed E-state index contributed by atoms with van der Waals surface area (Å²) >= 11 is 2.82. The van der Waals surface area contributed by atoms with Gasteiger partial charge in [0.1, 0.15) is 5.82 Å². The molecule has 2 aliphatic heterocycles. The van der Waals surface area contributed by atoms with Crippen molar-refractivity contribution in [3.05, 3.63) is 76.2 Å². The minimum Gasteiger partial charge on any atom is -0.408 e. The van der Waals surface area contributed by atoms with Gasteiger partial charge in [-0.05, 0) is 30.9 Å². The first-order chi connectivity index (χ1) is 16.1. The molecule has 0 bridgehead atoms. The van der Waals surface area contributed by atoms with Gasteiger partial charge in [0.15, 0.2) is 5.58 Å². The van der Waals surface area contributed by atoms with E-state index in [1.807, 2.05) is 25.2 Å². The number of hydrogen-bond donors (Lipinski definition) is 2. The highest BCUT2D eigenvalue weighted by atomic mass is 32.2. The third kappa shape index (κ3) is 4.68. The first kappa shape index (κ1) is 22.5. The Kier molecular flexibility index (Phi) is 6.73. The third-order valence-electron chi connectivity index (χ3n) is 6.09. The molecular weight excluding hydrogens is 459 g/mol. The zero-order chi connectivity index (χ0) is 22.8. The largest absolute Gasteiger partial charge is 0.420 e. The molecule has 1 aromatic heterocycles. The first-order valence-corrected chi connectivity index (χ1v) is 12.8. The van der Waals surface area contributed by atoms with Crippen molar-refractivity contribution < 1.29 is 8.81 Å². The summed E-state index contributed by atoms with van der Waals surface area (Å²) in [6.07, 6.45) is 12.9. The Balaban J connectivity index is 1.43. The van der Waals surface area contributed by atoms with Crippen LogP contribution in [0.1, 0.15) is 19.4 Å². The van der Waals surface area contributed by atoms with E-state index >= 15 is 4.39 Å². The second-order valence-electron chi connectivity index (χ2n) is 8.13. The second-order valence-corrected chi connectivity index (χ2v) is 10.2. The summed E-state index contributed by atoms with van der Waals surface area (Å²) in [5, 5.41) is 4.28. The maximum atomic E-state index is 15.0. The van der Waals surface area contributed by atoms with Gasteiger partial charge in [0, 0.05) is 43.1 Å². The molecule has 5 rings (SSSR count). The van der Waals surface area contributed by atoms with E-state index in [4.69, 9.17) is 4.42 Å². The zero-order valence-electron chi connectivity index (χ0n) is 18.2. The van der Waals surface area contributed by atoms with Gasteiger partial charge < -0.3 is 9.73 Å². The van der Waals surface area contributed by atoms with Gasteiger partial charge in [-0.25, -0.2) is 9.18 Å². The van der Waals surface area contributed by atoms with Crippen LogP contribution in [0.2, 0.25) is 0 Å². The summed E-state index contributed by atoms with van der Waals surface area (Å²) in [5.74, 6) is 0.478. The summed E-state index contributed by atoms with van der Waals surface area (Å²) in [4.78, 5) is 17.5.